The molecule has 0 saturated carbocycles. The lowest BCUT2D eigenvalue weighted by molar-refractivity contribution is -0.169. The second-order valence-electron chi connectivity index (χ2n) is 3.57. The Balaban J connectivity index is 2.73. The number of aromatic amines is 1. The molecule has 0 amide bonds. The molecule has 0 spiro atoms. The quantitative estimate of drug-likeness (QED) is 0.280. The van der Waals surface area contributed by atoms with Gasteiger partial charge < -0.3 is 24.2 Å². The van der Waals surface area contributed by atoms with E-state index in [0.717, 1.165) is 12.1 Å². The largest absolute Gasteiger partial charge is 0.560 e. The van der Waals surface area contributed by atoms with Crippen LogP contribution in [0.2, 0.25) is 0 Å². The van der Waals surface area contributed by atoms with Crippen molar-refractivity contribution in [1.82, 2.24) is 9.97 Å². The Bertz CT molecular complexity index is 343. The lowest BCUT2D eigenvalue weighted by Crippen LogP contribution is -2.40. The lowest BCUT2D eigenvalue weighted by Gasteiger charge is -2.24. The molecular weight excluding hydrogens is 237 g/mol. The zero-order valence-corrected chi connectivity index (χ0v) is 10.3. The fourth-order valence-electron chi connectivity index (χ4n) is 1.55. The fourth-order valence-corrected chi connectivity index (χ4v) is 1.55. The maximum Gasteiger partial charge on any atom is 0.375 e. The number of aliphatic hydroxyl groups excluding tert-OH is 1. The number of aliphatic imine (C=N–C) groups is 1. The topological polar surface area (TPSA) is 89.0 Å². The minimum absolute atomic E-state index is 0.421. The van der Waals surface area contributed by atoms with Crippen LogP contribution in [-0.4, -0.2) is 62.2 Å². The summed E-state index contributed by atoms with van der Waals surface area (Å²) in [7, 11) is 7.75. The van der Waals surface area contributed by atoms with Crippen LogP contribution in [0, 0.1) is 0 Å². The van der Waals surface area contributed by atoms with Gasteiger partial charge in [-0.15, -0.1) is 0 Å². The fraction of sp³-hybridized carbons (Fsp3) is 0.600. The van der Waals surface area contributed by atoms with Crippen molar-refractivity contribution in [1.29, 1.82) is 0 Å². The van der Waals surface area contributed by atoms with Gasteiger partial charge in [-0.3, -0.25) is 4.99 Å². The first-order valence-electron chi connectivity index (χ1n) is 5.31. The van der Waals surface area contributed by atoms with Gasteiger partial charge in [-0.05, 0) is 0 Å². The van der Waals surface area contributed by atoms with E-state index in [2.05, 4.69) is 19.6 Å². The van der Waals surface area contributed by atoms with Crippen LogP contribution in [0.5, 0.6) is 0 Å². The highest BCUT2D eigenvalue weighted by Crippen LogP contribution is 2.12. The molecule has 18 heavy (non-hydrogen) atoms. The van der Waals surface area contributed by atoms with Gasteiger partial charge in [0, 0.05) is 32.5 Å². The summed E-state index contributed by atoms with van der Waals surface area (Å²) in [6.07, 6.45) is 2.93. The number of rotatable bonds is 8. The van der Waals surface area contributed by atoms with Gasteiger partial charge in [-0.25, -0.2) is 4.98 Å². The standard InChI is InChI=1S/C10H16BN3O4/c1-16-10(17-2)9(15)8(14-6-18-11)3-7-4-12-5-13-7/h4-6,8-10,15H,3H2,1-2H3,(H,12,13). The number of methoxy groups -OCH3 is 2. The molecule has 2 radical (unpaired) electrons. The molecule has 0 aromatic carbocycles. The van der Waals surface area contributed by atoms with E-state index in [1.54, 1.807) is 12.5 Å². The van der Waals surface area contributed by atoms with E-state index in [1.165, 1.54) is 14.2 Å². The minimum Gasteiger partial charge on any atom is -0.560 e. The van der Waals surface area contributed by atoms with Gasteiger partial charge in [-0.1, -0.05) is 0 Å². The van der Waals surface area contributed by atoms with Crippen LogP contribution < -0.4 is 0 Å². The van der Waals surface area contributed by atoms with Crippen LogP contribution in [0.1, 0.15) is 5.69 Å². The Hall–Kier alpha value is -1.38. The van der Waals surface area contributed by atoms with Crippen molar-refractivity contribution in [2.24, 2.45) is 4.99 Å². The number of hydrogen-bond acceptors (Lipinski definition) is 6. The van der Waals surface area contributed by atoms with E-state index in [0.29, 0.717) is 6.42 Å². The predicted octanol–water partition coefficient (Wildman–Crippen LogP) is -0.571. The molecule has 1 aromatic heterocycles. The van der Waals surface area contributed by atoms with Crippen LogP contribution in [0.15, 0.2) is 17.5 Å². The van der Waals surface area contributed by atoms with E-state index in [1.807, 2.05) is 0 Å². The monoisotopic (exact) mass is 253 g/mol. The van der Waals surface area contributed by atoms with Gasteiger partial charge in [0.25, 0.3) is 0 Å². The Morgan fingerprint density at radius 1 is 1.56 bits per heavy atom. The second-order valence-corrected chi connectivity index (χ2v) is 3.57. The van der Waals surface area contributed by atoms with Crippen LogP contribution >= 0.6 is 0 Å². The number of imidazole rings is 1. The smallest absolute Gasteiger partial charge is 0.375 e. The van der Waals surface area contributed by atoms with Gasteiger partial charge >= 0.3 is 8.05 Å². The second kappa shape index (κ2) is 7.86. The lowest BCUT2D eigenvalue weighted by atomic mass is 10.1. The highest BCUT2D eigenvalue weighted by Gasteiger charge is 2.28. The number of ether oxygens (including phenoxy) is 2. The van der Waals surface area contributed by atoms with Gasteiger partial charge in [-0.2, -0.15) is 0 Å². The average molecular weight is 253 g/mol. The zero-order chi connectivity index (χ0) is 13.4. The number of aliphatic hydroxyl groups is 1. The van der Waals surface area contributed by atoms with Gasteiger partial charge in [0.15, 0.2) is 12.7 Å². The molecule has 0 aliphatic rings. The molecule has 1 heterocycles. The third-order valence-corrected chi connectivity index (χ3v) is 2.43. The first-order chi connectivity index (χ1) is 8.72. The summed E-state index contributed by atoms with van der Waals surface area (Å²) in [5.74, 6) is 0. The van der Waals surface area contributed by atoms with Crippen molar-refractivity contribution >= 4 is 14.4 Å². The molecule has 1 rings (SSSR count). The first-order valence-corrected chi connectivity index (χ1v) is 5.31. The van der Waals surface area contributed by atoms with Crippen LogP contribution in [0.4, 0.5) is 0 Å². The third kappa shape index (κ3) is 4.13. The molecule has 0 aliphatic heterocycles. The van der Waals surface area contributed by atoms with Crippen LogP contribution in [0.3, 0.4) is 0 Å². The van der Waals surface area contributed by atoms with E-state index in [9.17, 15) is 5.11 Å². The number of aromatic nitrogens is 2. The maximum absolute atomic E-state index is 10.1. The molecule has 2 N–H and O–H groups in total. The Morgan fingerprint density at radius 2 is 2.28 bits per heavy atom. The van der Waals surface area contributed by atoms with Crippen LogP contribution in [0.25, 0.3) is 0 Å². The summed E-state index contributed by atoms with van der Waals surface area (Å²) in [6, 6.07) is -0.529. The summed E-state index contributed by atoms with van der Waals surface area (Å²) in [5, 5.41) is 10.1. The molecule has 98 valence electrons. The Labute approximate surface area is 107 Å². The van der Waals surface area contributed by atoms with Crippen molar-refractivity contribution in [2.45, 2.75) is 24.9 Å². The summed E-state index contributed by atoms with van der Waals surface area (Å²) in [4.78, 5) is 10.8. The van der Waals surface area contributed by atoms with Crippen molar-refractivity contribution in [3.05, 3.63) is 18.2 Å². The summed E-state index contributed by atoms with van der Waals surface area (Å²) >= 11 is 0. The Morgan fingerprint density at radius 3 is 2.78 bits per heavy atom. The summed E-state index contributed by atoms with van der Waals surface area (Å²) < 4.78 is 14.3. The highest BCUT2D eigenvalue weighted by atomic mass is 16.7. The predicted molar refractivity (Wildman–Crippen MR) is 65.2 cm³/mol. The molecule has 0 fully saturated rings. The molecule has 8 heteroatoms. The maximum atomic E-state index is 10.1. The molecule has 2 atom stereocenters. The number of hydrogen-bond donors (Lipinski definition) is 2. The minimum atomic E-state index is -0.963. The number of nitrogens with one attached hydrogen (secondary N) is 1. The molecule has 2 unspecified atom stereocenters. The molecule has 7 nitrogen and oxygen atoms in total. The average Bonchev–Trinajstić information content (AvgIpc) is 2.88. The Kier molecular flexibility index (Phi) is 6.41. The van der Waals surface area contributed by atoms with E-state index in [4.69, 9.17) is 17.5 Å². The van der Waals surface area contributed by atoms with E-state index < -0.39 is 18.4 Å². The normalized spacial score (nSPS) is 15.1. The molecular formula is C10H16BN3O4. The molecule has 0 saturated heterocycles. The SMILES string of the molecule is [B]OC=NC(Cc1cnc[nH]1)C(O)C(OC)OC. The van der Waals surface area contributed by atoms with Gasteiger partial charge in [0.1, 0.15) is 6.10 Å². The van der Waals surface area contributed by atoms with Gasteiger partial charge in [0.2, 0.25) is 0 Å². The van der Waals surface area contributed by atoms with E-state index in [-0.39, 0.29) is 0 Å². The van der Waals surface area contributed by atoms with Crippen molar-refractivity contribution in [3.8, 4) is 0 Å². The molecule has 0 bridgehead atoms. The van der Waals surface area contributed by atoms with Crippen LogP contribution in [-0.2, 0) is 20.5 Å². The van der Waals surface area contributed by atoms with Crippen molar-refractivity contribution < 1.29 is 19.2 Å². The van der Waals surface area contributed by atoms with Gasteiger partial charge in [0.05, 0.1) is 12.4 Å². The highest BCUT2D eigenvalue weighted by molar-refractivity contribution is 6.02. The summed E-state index contributed by atoms with van der Waals surface area (Å²) in [6.45, 7) is 0. The van der Waals surface area contributed by atoms with E-state index >= 15 is 0 Å². The third-order valence-electron chi connectivity index (χ3n) is 2.43. The molecule has 0 aliphatic carbocycles. The zero-order valence-electron chi connectivity index (χ0n) is 10.3. The molecule has 1 aromatic rings. The summed E-state index contributed by atoms with van der Waals surface area (Å²) in [5.41, 5.74) is 0.819. The van der Waals surface area contributed by atoms with Crippen molar-refractivity contribution in [2.75, 3.05) is 14.2 Å². The number of nitrogens with zero attached hydrogens (tertiary/aromatic N) is 2. The van der Waals surface area contributed by atoms with Crippen molar-refractivity contribution in [3.63, 3.8) is 0 Å². The number of H-pyrrole nitrogens is 1. The first kappa shape index (κ1) is 14.7.